The Morgan fingerprint density at radius 1 is 1.38 bits per heavy atom. The number of hydrogen-bond acceptors (Lipinski definition) is 4. The molecule has 0 aliphatic heterocycles. The first-order valence-electron chi connectivity index (χ1n) is 7.10. The van der Waals surface area contributed by atoms with Gasteiger partial charge in [-0.2, -0.15) is 0 Å². The third-order valence-electron chi connectivity index (χ3n) is 3.16. The molecule has 5 nitrogen and oxygen atoms in total. The maximum atomic E-state index is 11.1. The Labute approximate surface area is 131 Å². The molecule has 1 N–H and O–H groups in total. The first-order valence-corrected chi connectivity index (χ1v) is 7.48. The van der Waals surface area contributed by atoms with Gasteiger partial charge in [0.15, 0.2) is 0 Å². The highest BCUT2D eigenvalue weighted by Gasteiger charge is 2.17. The Kier molecular flexibility index (Phi) is 7.08. The van der Waals surface area contributed by atoms with E-state index < -0.39 is 0 Å². The number of benzene rings is 1. The van der Waals surface area contributed by atoms with Crippen molar-refractivity contribution in [3.8, 4) is 0 Å². The lowest BCUT2D eigenvalue weighted by atomic mass is 10.0. The first kappa shape index (κ1) is 17.9. The van der Waals surface area contributed by atoms with Gasteiger partial charge in [-0.3, -0.25) is 10.1 Å². The molecule has 0 aliphatic rings. The summed E-state index contributed by atoms with van der Waals surface area (Å²) in [7, 11) is 4.05. The van der Waals surface area contributed by atoms with Crippen LogP contribution in [0.5, 0.6) is 0 Å². The molecule has 0 aliphatic carbocycles. The lowest BCUT2D eigenvalue weighted by molar-refractivity contribution is -0.385. The Morgan fingerprint density at radius 3 is 2.57 bits per heavy atom. The number of nitro groups is 1. The van der Waals surface area contributed by atoms with Gasteiger partial charge in [0.1, 0.15) is 0 Å². The van der Waals surface area contributed by atoms with Crippen molar-refractivity contribution in [2.45, 2.75) is 32.9 Å². The third kappa shape index (κ3) is 6.42. The maximum Gasteiger partial charge on any atom is 0.273 e. The topological polar surface area (TPSA) is 58.4 Å². The molecule has 0 aromatic heterocycles. The number of halogens is 1. The molecule has 21 heavy (non-hydrogen) atoms. The van der Waals surface area contributed by atoms with Crippen LogP contribution in [0.4, 0.5) is 5.69 Å². The van der Waals surface area contributed by atoms with Crippen molar-refractivity contribution in [3.05, 3.63) is 38.9 Å². The van der Waals surface area contributed by atoms with Crippen LogP contribution in [-0.4, -0.2) is 36.5 Å². The molecule has 1 unspecified atom stereocenters. The van der Waals surface area contributed by atoms with Gasteiger partial charge in [-0.25, -0.2) is 0 Å². The zero-order valence-electron chi connectivity index (χ0n) is 13.1. The standard InChI is InChI=1S/C15H24ClN3O2/c1-11(2)7-14(10-18(3)4)17-9-12-8-13(16)5-6-15(12)19(20)21/h5-6,8,11,14,17H,7,9-10H2,1-4H3. The monoisotopic (exact) mass is 313 g/mol. The van der Waals surface area contributed by atoms with Crippen molar-refractivity contribution in [1.82, 2.24) is 10.2 Å². The minimum Gasteiger partial charge on any atom is -0.308 e. The summed E-state index contributed by atoms with van der Waals surface area (Å²) < 4.78 is 0. The fraction of sp³-hybridized carbons (Fsp3) is 0.600. The number of nitrogens with one attached hydrogen (secondary N) is 1. The minimum atomic E-state index is -0.364. The van der Waals surface area contributed by atoms with Gasteiger partial charge < -0.3 is 10.2 Å². The van der Waals surface area contributed by atoms with Gasteiger partial charge in [0.25, 0.3) is 5.69 Å². The van der Waals surface area contributed by atoms with Gasteiger partial charge in [0, 0.05) is 35.8 Å². The Balaban J connectivity index is 2.79. The molecule has 0 fully saturated rings. The van der Waals surface area contributed by atoms with Gasteiger partial charge in [0.2, 0.25) is 0 Å². The lowest BCUT2D eigenvalue weighted by Crippen LogP contribution is -2.38. The number of nitro benzene ring substituents is 1. The molecule has 0 radical (unpaired) electrons. The van der Waals surface area contributed by atoms with Crippen LogP contribution in [0.3, 0.4) is 0 Å². The quantitative estimate of drug-likeness (QED) is 0.591. The number of nitrogens with zero attached hydrogens (tertiary/aromatic N) is 2. The summed E-state index contributed by atoms with van der Waals surface area (Å²) in [5.41, 5.74) is 0.736. The summed E-state index contributed by atoms with van der Waals surface area (Å²) in [5.74, 6) is 0.566. The van der Waals surface area contributed by atoms with E-state index in [1.807, 2.05) is 14.1 Å². The van der Waals surface area contributed by atoms with Gasteiger partial charge in [-0.05, 0) is 38.6 Å². The molecule has 0 bridgehead atoms. The molecule has 0 saturated heterocycles. The summed E-state index contributed by atoms with van der Waals surface area (Å²) in [5, 5.41) is 15.0. The van der Waals surface area contributed by atoms with Crippen LogP contribution in [0.1, 0.15) is 25.8 Å². The highest BCUT2D eigenvalue weighted by molar-refractivity contribution is 6.30. The summed E-state index contributed by atoms with van der Waals surface area (Å²) in [6, 6.07) is 4.96. The van der Waals surface area contributed by atoms with E-state index in [4.69, 9.17) is 11.6 Å². The third-order valence-corrected chi connectivity index (χ3v) is 3.40. The second kappa shape index (κ2) is 8.32. The van der Waals surface area contributed by atoms with Crippen molar-refractivity contribution >= 4 is 17.3 Å². The van der Waals surface area contributed by atoms with Crippen LogP contribution in [0.15, 0.2) is 18.2 Å². The minimum absolute atomic E-state index is 0.111. The van der Waals surface area contributed by atoms with E-state index in [9.17, 15) is 10.1 Å². The lowest BCUT2D eigenvalue weighted by Gasteiger charge is -2.24. The highest BCUT2D eigenvalue weighted by Crippen LogP contribution is 2.22. The molecular formula is C15H24ClN3O2. The molecular weight excluding hydrogens is 290 g/mol. The Morgan fingerprint density at radius 2 is 2.05 bits per heavy atom. The van der Waals surface area contributed by atoms with Gasteiger partial charge in [-0.1, -0.05) is 25.4 Å². The molecule has 6 heteroatoms. The second-order valence-electron chi connectivity index (χ2n) is 6.00. The Hall–Kier alpha value is -1.17. The largest absolute Gasteiger partial charge is 0.308 e. The fourth-order valence-corrected chi connectivity index (χ4v) is 2.56. The summed E-state index contributed by atoms with van der Waals surface area (Å²) >= 11 is 5.95. The van der Waals surface area contributed by atoms with Crippen LogP contribution in [0, 0.1) is 16.0 Å². The van der Waals surface area contributed by atoms with E-state index in [0.29, 0.717) is 29.1 Å². The van der Waals surface area contributed by atoms with Gasteiger partial charge >= 0.3 is 0 Å². The molecule has 0 amide bonds. The average Bonchev–Trinajstić information content (AvgIpc) is 2.34. The number of likely N-dealkylation sites (N-methyl/N-ethyl adjacent to an activating group) is 1. The normalized spacial score (nSPS) is 12.9. The summed E-state index contributed by atoms with van der Waals surface area (Å²) in [6.07, 6.45) is 1.02. The predicted octanol–water partition coefficient (Wildman–Crippen LogP) is 3.31. The van der Waals surface area contributed by atoms with Crippen LogP contribution in [0.25, 0.3) is 0 Å². The average molecular weight is 314 g/mol. The van der Waals surface area contributed by atoms with Crippen molar-refractivity contribution in [3.63, 3.8) is 0 Å². The number of hydrogen-bond donors (Lipinski definition) is 1. The fourth-order valence-electron chi connectivity index (χ4n) is 2.36. The second-order valence-corrected chi connectivity index (χ2v) is 6.44. The summed E-state index contributed by atoms with van der Waals surface area (Å²) in [4.78, 5) is 12.8. The van der Waals surface area contributed by atoms with Crippen molar-refractivity contribution in [1.29, 1.82) is 0 Å². The van der Waals surface area contributed by atoms with Crippen LogP contribution in [-0.2, 0) is 6.54 Å². The van der Waals surface area contributed by atoms with Crippen LogP contribution < -0.4 is 5.32 Å². The van der Waals surface area contributed by atoms with Crippen molar-refractivity contribution in [2.24, 2.45) is 5.92 Å². The summed E-state index contributed by atoms with van der Waals surface area (Å²) in [6.45, 7) is 5.69. The van der Waals surface area contributed by atoms with E-state index in [0.717, 1.165) is 13.0 Å². The highest BCUT2D eigenvalue weighted by atomic mass is 35.5. The van der Waals surface area contributed by atoms with E-state index >= 15 is 0 Å². The van der Waals surface area contributed by atoms with Gasteiger partial charge in [0.05, 0.1) is 4.92 Å². The van der Waals surface area contributed by atoms with E-state index in [1.165, 1.54) is 6.07 Å². The first-order chi connectivity index (χ1) is 9.79. The van der Waals surface area contributed by atoms with Gasteiger partial charge in [-0.15, -0.1) is 0 Å². The van der Waals surface area contributed by atoms with E-state index in [-0.39, 0.29) is 10.6 Å². The molecule has 118 valence electrons. The van der Waals surface area contributed by atoms with Crippen molar-refractivity contribution < 1.29 is 4.92 Å². The molecule has 1 atom stereocenters. The molecule has 0 heterocycles. The zero-order valence-corrected chi connectivity index (χ0v) is 13.9. The predicted molar refractivity (Wildman–Crippen MR) is 86.7 cm³/mol. The maximum absolute atomic E-state index is 11.1. The molecule has 0 spiro atoms. The molecule has 1 aromatic rings. The van der Waals surface area contributed by atoms with Crippen LogP contribution >= 0.6 is 11.6 Å². The SMILES string of the molecule is CC(C)CC(CN(C)C)NCc1cc(Cl)ccc1[N+](=O)[O-]. The molecule has 1 rings (SSSR count). The van der Waals surface area contributed by atoms with Crippen LogP contribution in [0.2, 0.25) is 5.02 Å². The van der Waals surface area contributed by atoms with E-state index in [1.54, 1.807) is 12.1 Å². The molecule has 1 aromatic carbocycles. The van der Waals surface area contributed by atoms with Crippen molar-refractivity contribution in [2.75, 3.05) is 20.6 Å². The smallest absolute Gasteiger partial charge is 0.273 e. The number of rotatable bonds is 8. The Bertz CT molecular complexity index is 468. The zero-order chi connectivity index (χ0) is 16.0. The molecule has 0 saturated carbocycles. The van der Waals surface area contributed by atoms with E-state index in [2.05, 4.69) is 24.1 Å².